The summed E-state index contributed by atoms with van der Waals surface area (Å²) in [5, 5.41) is 37.0. The summed E-state index contributed by atoms with van der Waals surface area (Å²) in [5.74, 6) is -0.851. The van der Waals surface area contributed by atoms with Crippen LogP contribution in [0.1, 0.15) is 26.2 Å². The van der Waals surface area contributed by atoms with Gasteiger partial charge in [0.05, 0.1) is 24.4 Å². The molecule has 8 heteroatoms. The highest BCUT2D eigenvalue weighted by atomic mass is 32.2. The van der Waals surface area contributed by atoms with Gasteiger partial charge in [-0.3, -0.25) is 4.55 Å². The van der Waals surface area contributed by atoms with Gasteiger partial charge in [0.1, 0.15) is 5.75 Å². The van der Waals surface area contributed by atoms with Gasteiger partial charge >= 0.3 is 0 Å². The molecule has 0 aromatic heterocycles. The van der Waals surface area contributed by atoms with Gasteiger partial charge in [-0.15, -0.1) is 0 Å². The van der Waals surface area contributed by atoms with Crippen LogP contribution in [0.25, 0.3) is 0 Å². The molecular weight excluding hydrogens is 252 g/mol. The molecule has 0 aliphatic heterocycles. The lowest BCUT2D eigenvalue weighted by molar-refractivity contribution is 0.0255. The van der Waals surface area contributed by atoms with E-state index in [9.17, 15) is 23.7 Å². The molecule has 104 valence electrons. The van der Waals surface area contributed by atoms with Gasteiger partial charge in [0.25, 0.3) is 10.1 Å². The van der Waals surface area contributed by atoms with Crippen LogP contribution >= 0.6 is 0 Å². The van der Waals surface area contributed by atoms with E-state index in [4.69, 9.17) is 9.66 Å². The molecule has 5 N–H and O–H groups in total. The summed E-state index contributed by atoms with van der Waals surface area (Å²) in [6.45, 7) is 1.49. The van der Waals surface area contributed by atoms with Crippen molar-refractivity contribution in [1.29, 1.82) is 0 Å². The van der Waals surface area contributed by atoms with Crippen molar-refractivity contribution in [1.82, 2.24) is 0 Å². The van der Waals surface area contributed by atoms with Crippen molar-refractivity contribution < 1.29 is 33.4 Å². The molecule has 17 heavy (non-hydrogen) atoms. The SMILES string of the molecule is CC(O)CC(O)CC(O)CC(O)CS(=O)(=O)O. The van der Waals surface area contributed by atoms with Crippen molar-refractivity contribution >= 4 is 10.1 Å². The van der Waals surface area contributed by atoms with Gasteiger partial charge in [0, 0.05) is 6.42 Å². The minimum absolute atomic E-state index is 0.0760. The fourth-order valence-corrected chi connectivity index (χ4v) is 2.15. The topological polar surface area (TPSA) is 135 Å². The summed E-state index contributed by atoms with van der Waals surface area (Å²) < 4.78 is 29.3. The Balaban J connectivity index is 3.96. The third-order valence-electron chi connectivity index (χ3n) is 2.10. The molecule has 4 unspecified atom stereocenters. The minimum atomic E-state index is -4.28. The summed E-state index contributed by atoms with van der Waals surface area (Å²) in [6, 6.07) is 0. The second kappa shape index (κ2) is 7.24. The molecule has 7 nitrogen and oxygen atoms in total. The zero-order valence-corrected chi connectivity index (χ0v) is 10.4. The molecule has 0 aromatic rings. The van der Waals surface area contributed by atoms with E-state index in [1.165, 1.54) is 6.92 Å². The van der Waals surface area contributed by atoms with E-state index < -0.39 is 40.3 Å². The summed E-state index contributed by atoms with van der Waals surface area (Å²) in [6.07, 6.45) is -4.38. The van der Waals surface area contributed by atoms with Crippen molar-refractivity contribution in [2.24, 2.45) is 0 Å². The van der Waals surface area contributed by atoms with Crippen LogP contribution in [-0.2, 0) is 10.1 Å². The first-order valence-corrected chi connectivity index (χ1v) is 6.88. The van der Waals surface area contributed by atoms with Crippen molar-refractivity contribution in [2.45, 2.75) is 50.6 Å². The van der Waals surface area contributed by atoms with Crippen LogP contribution in [0.15, 0.2) is 0 Å². The maximum absolute atomic E-state index is 10.4. The molecule has 0 bridgehead atoms. The lowest BCUT2D eigenvalue weighted by Gasteiger charge is -2.18. The third kappa shape index (κ3) is 10.6. The number of hydrogen-bond acceptors (Lipinski definition) is 6. The first-order chi connectivity index (χ1) is 7.60. The summed E-state index contributed by atoms with van der Waals surface area (Å²) in [5.41, 5.74) is 0. The average molecular weight is 272 g/mol. The molecule has 0 aliphatic carbocycles. The number of aliphatic hydroxyl groups is 4. The molecular formula is C9H20O7S. The van der Waals surface area contributed by atoms with Gasteiger partial charge in [-0.25, -0.2) is 0 Å². The quantitative estimate of drug-likeness (QED) is 0.340. The fraction of sp³-hybridized carbons (Fsp3) is 1.00. The zero-order valence-electron chi connectivity index (χ0n) is 9.60. The smallest absolute Gasteiger partial charge is 0.267 e. The Hall–Kier alpha value is -0.250. The summed E-state index contributed by atoms with van der Waals surface area (Å²) in [4.78, 5) is 0. The molecule has 0 spiro atoms. The third-order valence-corrected chi connectivity index (χ3v) is 2.91. The Bertz CT molecular complexity index is 300. The number of hydrogen-bond donors (Lipinski definition) is 5. The number of aliphatic hydroxyl groups excluding tert-OH is 4. The molecule has 0 radical (unpaired) electrons. The van der Waals surface area contributed by atoms with E-state index in [1.54, 1.807) is 0 Å². The zero-order chi connectivity index (χ0) is 13.6. The fourth-order valence-electron chi connectivity index (χ4n) is 1.53. The van der Waals surface area contributed by atoms with Crippen LogP contribution in [0.2, 0.25) is 0 Å². The first-order valence-electron chi connectivity index (χ1n) is 5.27. The van der Waals surface area contributed by atoms with Gasteiger partial charge in [-0.05, 0) is 19.8 Å². The van der Waals surface area contributed by atoms with E-state index in [-0.39, 0.29) is 19.3 Å². The van der Waals surface area contributed by atoms with Crippen LogP contribution in [0.4, 0.5) is 0 Å². The Kier molecular flexibility index (Phi) is 7.14. The molecule has 0 heterocycles. The molecule has 0 fully saturated rings. The van der Waals surface area contributed by atoms with Gasteiger partial charge in [-0.1, -0.05) is 0 Å². The lowest BCUT2D eigenvalue weighted by Crippen LogP contribution is -2.28. The maximum Gasteiger partial charge on any atom is 0.267 e. The predicted molar refractivity (Wildman–Crippen MR) is 60.0 cm³/mol. The molecule has 0 saturated carbocycles. The van der Waals surface area contributed by atoms with Gasteiger partial charge in [0.15, 0.2) is 0 Å². The number of rotatable bonds is 8. The van der Waals surface area contributed by atoms with E-state index in [0.717, 1.165) is 0 Å². The van der Waals surface area contributed by atoms with Crippen LogP contribution in [0.3, 0.4) is 0 Å². The summed E-state index contributed by atoms with van der Waals surface area (Å²) >= 11 is 0. The maximum atomic E-state index is 10.4. The second-order valence-corrected chi connectivity index (χ2v) is 5.76. The first kappa shape index (κ1) is 16.8. The summed E-state index contributed by atoms with van der Waals surface area (Å²) in [7, 11) is -4.28. The molecule has 0 aromatic carbocycles. The van der Waals surface area contributed by atoms with E-state index in [1.807, 2.05) is 0 Å². The minimum Gasteiger partial charge on any atom is -0.393 e. The van der Waals surface area contributed by atoms with Crippen molar-refractivity contribution in [2.75, 3.05) is 5.75 Å². The van der Waals surface area contributed by atoms with Crippen LogP contribution in [0, 0.1) is 0 Å². The van der Waals surface area contributed by atoms with Crippen molar-refractivity contribution in [3.05, 3.63) is 0 Å². The molecule has 0 saturated heterocycles. The van der Waals surface area contributed by atoms with Crippen molar-refractivity contribution in [3.8, 4) is 0 Å². The Morgan fingerprint density at radius 1 is 0.882 bits per heavy atom. The monoisotopic (exact) mass is 272 g/mol. The lowest BCUT2D eigenvalue weighted by atomic mass is 10.0. The largest absolute Gasteiger partial charge is 0.393 e. The normalized spacial score (nSPS) is 19.6. The Labute approximate surface area is 100 Å². The van der Waals surface area contributed by atoms with E-state index in [0.29, 0.717) is 0 Å². The van der Waals surface area contributed by atoms with E-state index >= 15 is 0 Å². The Morgan fingerprint density at radius 3 is 1.71 bits per heavy atom. The predicted octanol–water partition coefficient (Wildman–Crippen LogP) is -1.49. The van der Waals surface area contributed by atoms with Gasteiger partial charge in [0.2, 0.25) is 0 Å². The average Bonchev–Trinajstić information content (AvgIpc) is 1.95. The second-order valence-electron chi connectivity index (χ2n) is 4.27. The van der Waals surface area contributed by atoms with Crippen LogP contribution < -0.4 is 0 Å². The Morgan fingerprint density at radius 2 is 1.29 bits per heavy atom. The molecule has 0 amide bonds. The standard InChI is InChI=1S/C9H20O7S/c1-6(10)2-7(11)3-8(12)4-9(13)5-17(14,15)16/h6-13H,2-5H2,1H3,(H,14,15,16). The highest BCUT2D eigenvalue weighted by Gasteiger charge is 2.20. The van der Waals surface area contributed by atoms with Gasteiger partial charge < -0.3 is 20.4 Å². The highest BCUT2D eigenvalue weighted by Crippen LogP contribution is 2.10. The van der Waals surface area contributed by atoms with Crippen LogP contribution in [-0.4, -0.2) is 63.6 Å². The van der Waals surface area contributed by atoms with Crippen molar-refractivity contribution in [3.63, 3.8) is 0 Å². The van der Waals surface area contributed by atoms with E-state index in [2.05, 4.69) is 0 Å². The molecule has 4 atom stereocenters. The van der Waals surface area contributed by atoms with Crippen LogP contribution in [0.5, 0.6) is 0 Å². The highest BCUT2D eigenvalue weighted by molar-refractivity contribution is 7.85. The van der Waals surface area contributed by atoms with Gasteiger partial charge in [-0.2, -0.15) is 8.42 Å². The molecule has 0 aliphatic rings. The molecule has 0 rings (SSSR count).